The SMILES string of the molecule is Cc1c(Br)cccc1-c1nc2cc(CN3CCC(C(=O)OC(C)(C)C)C3)cc(Cl)c2o1. The molecule has 1 saturated heterocycles. The zero-order valence-corrected chi connectivity index (χ0v) is 20.5. The third kappa shape index (κ3) is 4.97. The first-order valence-corrected chi connectivity index (χ1v) is 11.6. The van der Waals surface area contributed by atoms with E-state index in [0.717, 1.165) is 39.6 Å². The summed E-state index contributed by atoms with van der Waals surface area (Å²) >= 11 is 10.1. The smallest absolute Gasteiger partial charge is 0.310 e. The molecule has 0 N–H and O–H groups in total. The minimum atomic E-state index is -0.458. The Hall–Kier alpha value is -1.89. The molecule has 0 saturated carbocycles. The molecule has 2 heterocycles. The summed E-state index contributed by atoms with van der Waals surface area (Å²) < 4.78 is 12.6. The molecule has 1 aromatic heterocycles. The van der Waals surface area contributed by atoms with Crippen LogP contribution in [0.1, 0.15) is 38.3 Å². The Morgan fingerprint density at radius 2 is 2.13 bits per heavy atom. The lowest BCUT2D eigenvalue weighted by molar-refractivity contribution is -0.159. The molecule has 1 aliphatic rings. The van der Waals surface area contributed by atoms with Gasteiger partial charge in [0.1, 0.15) is 11.1 Å². The maximum atomic E-state index is 12.4. The number of halogens is 2. The maximum absolute atomic E-state index is 12.4. The summed E-state index contributed by atoms with van der Waals surface area (Å²) in [7, 11) is 0. The van der Waals surface area contributed by atoms with E-state index in [0.29, 0.717) is 29.6 Å². The Morgan fingerprint density at radius 1 is 1.35 bits per heavy atom. The number of ether oxygens (including phenoxy) is 1. The maximum Gasteiger partial charge on any atom is 0.310 e. The number of fused-ring (bicyclic) bond motifs is 1. The highest BCUT2D eigenvalue weighted by molar-refractivity contribution is 9.10. The number of likely N-dealkylation sites (tertiary alicyclic amines) is 1. The van der Waals surface area contributed by atoms with Gasteiger partial charge in [0.2, 0.25) is 5.89 Å². The largest absolute Gasteiger partial charge is 0.460 e. The summed E-state index contributed by atoms with van der Waals surface area (Å²) in [6, 6.07) is 9.88. The quantitative estimate of drug-likeness (QED) is 0.385. The van der Waals surface area contributed by atoms with E-state index < -0.39 is 5.60 Å². The highest BCUT2D eigenvalue weighted by Gasteiger charge is 2.32. The molecule has 31 heavy (non-hydrogen) atoms. The van der Waals surface area contributed by atoms with Gasteiger partial charge in [-0.25, -0.2) is 4.98 Å². The highest BCUT2D eigenvalue weighted by Crippen LogP contribution is 2.34. The summed E-state index contributed by atoms with van der Waals surface area (Å²) in [5.41, 5.74) is 3.92. The fourth-order valence-corrected chi connectivity index (χ4v) is 4.55. The number of benzene rings is 2. The lowest BCUT2D eigenvalue weighted by atomic mass is 10.1. The average Bonchev–Trinajstić information content (AvgIpc) is 3.30. The molecule has 4 rings (SSSR count). The molecule has 0 bridgehead atoms. The number of rotatable bonds is 4. The summed E-state index contributed by atoms with van der Waals surface area (Å²) in [6.45, 7) is 9.96. The topological polar surface area (TPSA) is 55.6 Å². The Labute approximate surface area is 195 Å². The predicted molar refractivity (Wildman–Crippen MR) is 126 cm³/mol. The van der Waals surface area contributed by atoms with Gasteiger partial charge in [0.15, 0.2) is 5.58 Å². The molecule has 3 aromatic rings. The van der Waals surface area contributed by atoms with Crippen molar-refractivity contribution in [2.75, 3.05) is 13.1 Å². The zero-order valence-electron chi connectivity index (χ0n) is 18.2. The molecule has 0 aliphatic carbocycles. The summed E-state index contributed by atoms with van der Waals surface area (Å²) in [5, 5.41) is 0.543. The molecule has 1 atom stereocenters. The molecule has 1 aliphatic heterocycles. The second-order valence-corrected chi connectivity index (χ2v) is 10.4. The monoisotopic (exact) mass is 504 g/mol. The van der Waals surface area contributed by atoms with Crippen LogP contribution in [-0.2, 0) is 16.1 Å². The number of hydrogen-bond donors (Lipinski definition) is 0. The van der Waals surface area contributed by atoms with Crippen LogP contribution in [0.15, 0.2) is 39.2 Å². The summed E-state index contributed by atoms with van der Waals surface area (Å²) in [4.78, 5) is 19.3. The molecule has 2 aromatic carbocycles. The van der Waals surface area contributed by atoms with Gasteiger partial charge < -0.3 is 9.15 Å². The average molecular weight is 506 g/mol. The van der Waals surface area contributed by atoms with E-state index >= 15 is 0 Å². The molecule has 0 spiro atoms. The molecule has 0 radical (unpaired) electrons. The van der Waals surface area contributed by atoms with E-state index in [1.807, 2.05) is 58.0 Å². The Balaban J connectivity index is 1.52. The van der Waals surface area contributed by atoms with E-state index in [2.05, 4.69) is 20.8 Å². The van der Waals surface area contributed by atoms with Crippen molar-refractivity contribution < 1.29 is 13.9 Å². The minimum absolute atomic E-state index is 0.0865. The number of oxazole rings is 1. The van der Waals surface area contributed by atoms with Crippen molar-refractivity contribution in [3.05, 3.63) is 51.0 Å². The van der Waals surface area contributed by atoms with Crippen molar-refractivity contribution in [3.63, 3.8) is 0 Å². The fraction of sp³-hybridized carbons (Fsp3) is 0.417. The molecule has 0 amide bonds. The van der Waals surface area contributed by atoms with Crippen LogP contribution in [0.5, 0.6) is 0 Å². The molecule has 164 valence electrons. The van der Waals surface area contributed by atoms with Crippen LogP contribution in [-0.4, -0.2) is 34.5 Å². The van der Waals surface area contributed by atoms with Crippen molar-refractivity contribution in [2.24, 2.45) is 5.92 Å². The van der Waals surface area contributed by atoms with Gasteiger partial charge >= 0.3 is 5.97 Å². The van der Waals surface area contributed by atoms with E-state index in [4.69, 9.17) is 25.7 Å². The van der Waals surface area contributed by atoms with E-state index in [1.54, 1.807) is 0 Å². The summed E-state index contributed by atoms with van der Waals surface area (Å²) in [5.74, 6) is 0.351. The molecular formula is C24H26BrClN2O3. The van der Waals surface area contributed by atoms with Crippen molar-refractivity contribution in [1.29, 1.82) is 0 Å². The molecule has 1 fully saturated rings. The lowest BCUT2D eigenvalue weighted by Crippen LogP contribution is -2.30. The third-order valence-corrected chi connectivity index (χ3v) is 6.56. The molecule has 5 nitrogen and oxygen atoms in total. The predicted octanol–water partition coefficient (Wildman–Crippen LogP) is 6.38. The number of nitrogens with zero attached hydrogens (tertiary/aromatic N) is 2. The van der Waals surface area contributed by atoms with Gasteiger partial charge in [0, 0.05) is 23.1 Å². The zero-order chi connectivity index (χ0) is 22.3. The molecule has 7 heteroatoms. The number of aromatic nitrogens is 1. The first kappa shape index (κ1) is 22.3. The Bertz CT molecular complexity index is 1140. The number of carbonyl (C=O) groups is 1. The third-order valence-electron chi connectivity index (χ3n) is 5.42. The van der Waals surface area contributed by atoms with Crippen LogP contribution in [0.2, 0.25) is 5.02 Å². The van der Waals surface area contributed by atoms with Gasteiger partial charge in [-0.15, -0.1) is 0 Å². The second-order valence-electron chi connectivity index (χ2n) is 9.11. The van der Waals surface area contributed by atoms with E-state index in [1.165, 1.54) is 0 Å². The van der Waals surface area contributed by atoms with Crippen molar-refractivity contribution in [3.8, 4) is 11.5 Å². The van der Waals surface area contributed by atoms with Crippen LogP contribution >= 0.6 is 27.5 Å². The normalized spacial score (nSPS) is 17.4. The standard InChI is InChI=1S/C24H26BrClN2O3/c1-14-17(6-5-7-18(14)25)22-27-20-11-15(10-19(26)21(20)30-22)12-28-9-8-16(13-28)23(29)31-24(2,3)4/h5-7,10-11,16H,8-9,12-13H2,1-4H3. The van der Waals surface area contributed by atoms with Crippen molar-refractivity contribution in [2.45, 2.75) is 46.3 Å². The number of esters is 1. The van der Waals surface area contributed by atoms with Crippen LogP contribution in [0, 0.1) is 12.8 Å². The van der Waals surface area contributed by atoms with E-state index in [9.17, 15) is 4.79 Å². The minimum Gasteiger partial charge on any atom is -0.460 e. The summed E-state index contributed by atoms with van der Waals surface area (Å²) in [6.07, 6.45) is 0.807. The van der Waals surface area contributed by atoms with Crippen LogP contribution in [0.4, 0.5) is 0 Å². The van der Waals surface area contributed by atoms with Gasteiger partial charge in [0.05, 0.1) is 10.9 Å². The van der Waals surface area contributed by atoms with Crippen molar-refractivity contribution >= 4 is 44.6 Å². The van der Waals surface area contributed by atoms with Crippen molar-refractivity contribution in [1.82, 2.24) is 9.88 Å². The molecular weight excluding hydrogens is 480 g/mol. The van der Waals surface area contributed by atoms with Crippen LogP contribution in [0.3, 0.4) is 0 Å². The van der Waals surface area contributed by atoms with Gasteiger partial charge in [-0.3, -0.25) is 9.69 Å². The first-order valence-electron chi connectivity index (χ1n) is 10.4. The second kappa shape index (κ2) is 8.57. The Kier molecular flexibility index (Phi) is 6.16. The number of hydrogen-bond acceptors (Lipinski definition) is 5. The van der Waals surface area contributed by atoms with Gasteiger partial charge in [-0.05, 0) is 76.1 Å². The number of carbonyl (C=O) groups excluding carboxylic acids is 1. The van der Waals surface area contributed by atoms with E-state index in [-0.39, 0.29) is 11.9 Å². The van der Waals surface area contributed by atoms with Crippen LogP contribution in [0.25, 0.3) is 22.6 Å². The van der Waals surface area contributed by atoms with Crippen LogP contribution < -0.4 is 0 Å². The van der Waals surface area contributed by atoms with Gasteiger partial charge in [0.25, 0.3) is 0 Å². The molecule has 1 unspecified atom stereocenters. The fourth-order valence-electron chi connectivity index (χ4n) is 3.90. The van der Waals surface area contributed by atoms with Gasteiger partial charge in [-0.1, -0.05) is 33.6 Å². The van der Waals surface area contributed by atoms with Gasteiger partial charge in [-0.2, -0.15) is 0 Å². The first-order chi connectivity index (χ1) is 14.6. The highest BCUT2D eigenvalue weighted by atomic mass is 79.9. The Morgan fingerprint density at radius 3 is 2.87 bits per heavy atom. The lowest BCUT2D eigenvalue weighted by Gasteiger charge is -2.22.